The fourth-order valence-corrected chi connectivity index (χ4v) is 1.58. The van der Waals surface area contributed by atoms with Crippen LogP contribution in [0.1, 0.15) is 27.2 Å². The highest BCUT2D eigenvalue weighted by atomic mass is 31.2. The van der Waals surface area contributed by atoms with Gasteiger partial charge >= 0.3 is 0 Å². The van der Waals surface area contributed by atoms with E-state index in [2.05, 4.69) is 5.73 Å². The third-order valence-corrected chi connectivity index (χ3v) is 3.01. The van der Waals surface area contributed by atoms with Crippen molar-refractivity contribution >= 4 is 7.60 Å². The van der Waals surface area contributed by atoms with Crippen LogP contribution in [0.15, 0.2) is 0 Å². The lowest BCUT2D eigenvalue weighted by Gasteiger charge is -2.42. The summed E-state index contributed by atoms with van der Waals surface area (Å²) >= 11 is 0. The molecule has 0 aliphatic carbocycles. The third-order valence-electron chi connectivity index (χ3n) is 1.51. The van der Waals surface area contributed by atoms with Crippen LogP contribution in [0.4, 0.5) is 0 Å². The topological polar surface area (TPSA) is 90.8 Å². The predicted octanol–water partition coefficient (Wildman–Crippen LogP) is -1.10. The van der Waals surface area contributed by atoms with Crippen molar-refractivity contribution in [2.45, 2.75) is 32.5 Å². The maximum atomic E-state index is 10.6. The minimum Gasteiger partial charge on any atom is -0.806 e. The summed E-state index contributed by atoms with van der Waals surface area (Å²) in [7, 11) is -4.53. The van der Waals surface area contributed by atoms with Crippen molar-refractivity contribution in [3.05, 3.63) is 0 Å². The highest BCUT2D eigenvalue weighted by Crippen LogP contribution is 2.40. The second kappa shape index (κ2) is 3.23. The highest BCUT2D eigenvalue weighted by molar-refractivity contribution is 7.50. The molecule has 68 valence electrons. The summed E-state index contributed by atoms with van der Waals surface area (Å²) in [6, 6.07) is 0. The summed E-state index contributed by atoms with van der Waals surface area (Å²) in [6.45, 7) is 5.09. The summed E-state index contributed by atoms with van der Waals surface area (Å²) in [4.78, 5) is 21.2. The Bertz CT molecular complexity index is 173. The van der Waals surface area contributed by atoms with Crippen molar-refractivity contribution in [3.8, 4) is 0 Å². The summed E-state index contributed by atoms with van der Waals surface area (Å²) < 4.78 is 10.6. The Kier molecular flexibility index (Phi) is 3.27. The molecule has 0 aromatic rings. The van der Waals surface area contributed by atoms with E-state index < -0.39 is 12.9 Å². The molecule has 1 atom stereocenters. The van der Waals surface area contributed by atoms with E-state index in [1.54, 1.807) is 0 Å². The van der Waals surface area contributed by atoms with Crippen molar-refractivity contribution in [1.82, 2.24) is 0 Å². The number of hydrogen-bond donors (Lipinski definition) is 1. The zero-order valence-corrected chi connectivity index (χ0v) is 8.06. The monoisotopic (exact) mass is 180 g/mol. The Morgan fingerprint density at radius 2 is 1.91 bits per heavy atom. The van der Waals surface area contributed by atoms with Crippen molar-refractivity contribution in [2.24, 2.45) is 5.92 Å². The van der Waals surface area contributed by atoms with Crippen LogP contribution in [0.2, 0.25) is 0 Å². The largest absolute Gasteiger partial charge is 0.806 e. The molecule has 0 rings (SSSR count). The van der Waals surface area contributed by atoms with Crippen LogP contribution in [0.25, 0.3) is 0 Å². The summed E-state index contributed by atoms with van der Waals surface area (Å²) in [5.41, 5.74) is 3.39. The number of quaternary nitrogens is 1. The van der Waals surface area contributed by atoms with Gasteiger partial charge in [-0.1, -0.05) is 13.8 Å². The lowest BCUT2D eigenvalue weighted by atomic mass is 10.1. The Morgan fingerprint density at radius 3 is 2.00 bits per heavy atom. The maximum absolute atomic E-state index is 10.6. The van der Waals surface area contributed by atoms with E-state index in [9.17, 15) is 14.4 Å². The van der Waals surface area contributed by atoms with Gasteiger partial charge in [-0.05, 0) is 20.4 Å². The summed E-state index contributed by atoms with van der Waals surface area (Å²) in [6.07, 6.45) is 0.317. The molecule has 0 aromatic heterocycles. The van der Waals surface area contributed by atoms with Crippen LogP contribution in [0, 0.1) is 5.92 Å². The predicted molar refractivity (Wildman–Crippen MR) is 38.4 cm³/mol. The van der Waals surface area contributed by atoms with Crippen LogP contribution in [0.3, 0.4) is 0 Å². The van der Waals surface area contributed by atoms with Gasteiger partial charge in [0.1, 0.15) is 5.28 Å². The lowest BCUT2D eigenvalue weighted by molar-refractivity contribution is -0.474. The minimum absolute atomic E-state index is 0.175. The maximum Gasteiger partial charge on any atom is 0.117 e. The molecule has 4 nitrogen and oxygen atoms in total. The van der Waals surface area contributed by atoms with Gasteiger partial charge in [0.2, 0.25) is 0 Å². The molecule has 0 spiro atoms. The van der Waals surface area contributed by atoms with Crippen LogP contribution in [-0.4, -0.2) is 5.28 Å². The van der Waals surface area contributed by atoms with Gasteiger partial charge in [0.25, 0.3) is 0 Å². The molecule has 0 aliphatic heterocycles. The van der Waals surface area contributed by atoms with Crippen molar-refractivity contribution < 1.29 is 20.1 Å². The van der Waals surface area contributed by atoms with Gasteiger partial charge in [0.05, 0.1) is 0 Å². The molecule has 0 aromatic carbocycles. The minimum atomic E-state index is -4.53. The highest BCUT2D eigenvalue weighted by Gasteiger charge is 2.28. The molecule has 0 heterocycles. The van der Waals surface area contributed by atoms with E-state index in [0.29, 0.717) is 6.42 Å². The zero-order chi connectivity index (χ0) is 9.28. The number of hydrogen-bond acceptors (Lipinski definition) is 3. The van der Waals surface area contributed by atoms with Crippen LogP contribution < -0.4 is 15.5 Å². The molecule has 3 N–H and O–H groups in total. The van der Waals surface area contributed by atoms with Crippen molar-refractivity contribution in [3.63, 3.8) is 0 Å². The number of rotatable bonds is 3. The van der Waals surface area contributed by atoms with E-state index >= 15 is 0 Å². The summed E-state index contributed by atoms with van der Waals surface area (Å²) in [5.74, 6) is 0.175. The van der Waals surface area contributed by atoms with E-state index in [4.69, 9.17) is 0 Å². The summed E-state index contributed by atoms with van der Waals surface area (Å²) in [5, 5.41) is -1.35. The van der Waals surface area contributed by atoms with E-state index in [1.165, 1.54) is 6.92 Å². The van der Waals surface area contributed by atoms with Gasteiger partial charge < -0.3 is 20.1 Å². The molecule has 0 fully saturated rings. The molecule has 0 unspecified atom stereocenters. The molecule has 11 heavy (non-hydrogen) atoms. The first-order valence-corrected chi connectivity index (χ1v) is 5.08. The first-order valence-electron chi connectivity index (χ1n) is 3.54. The van der Waals surface area contributed by atoms with Crippen LogP contribution in [-0.2, 0) is 4.57 Å². The van der Waals surface area contributed by atoms with Gasteiger partial charge in [0, 0.05) is 6.42 Å². The smallest absolute Gasteiger partial charge is 0.117 e. The van der Waals surface area contributed by atoms with Crippen LogP contribution >= 0.6 is 7.60 Å². The normalized spacial score (nSPS) is 18.5. The standard InChI is InChI=1S/C6H16NO3P/c1-5(2)4-6(3,7)11(8,9)10/h5H,4,7H2,1-3H3,(H2,8,9,10)/p-1/t6-/m0/s1. The molecule has 0 amide bonds. The Morgan fingerprint density at radius 1 is 1.55 bits per heavy atom. The first kappa shape index (κ1) is 11.1. The quantitative estimate of drug-likeness (QED) is 0.559. The molecule has 5 heteroatoms. The zero-order valence-electron chi connectivity index (χ0n) is 7.16. The van der Waals surface area contributed by atoms with Crippen LogP contribution in [0.5, 0.6) is 0 Å². The molecule has 0 radical (unpaired) electrons. The molecule has 0 bridgehead atoms. The van der Waals surface area contributed by atoms with Gasteiger partial charge in [-0.3, -0.25) is 0 Å². The lowest BCUT2D eigenvalue weighted by Crippen LogP contribution is -2.73. The molecule has 0 saturated carbocycles. The first-order chi connectivity index (χ1) is 4.67. The second-order valence-electron chi connectivity index (χ2n) is 3.59. The van der Waals surface area contributed by atoms with Crippen molar-refractivity contribution in [2.75, 3.05) is 0 Å². The Hall–Kier alpha value is 0.110. The van der Waals surface area contributed by atoms with E-state index in [1.807, 2.05) is 13.8 Å². The van der Waals surface area contributed by atoms with Gasteiger partial charge in [0.15, 0.2) is 0 Å². The molecule has 0 aliphatic rings. The molecular formula is C6H15NO3P-. The Labute approximate surface area is 67.0 Å². The second-order valence-corrected chi connectivity index (χ2v) is 5.67. The fourth-order valence-electron chi connectivity index (χ4n) is 0.991. The van der Waals surface area contributed by atoms with Gasteiger partial charge in [-0.15, -0.1) is 0 Å². The average Bonchev–Trinajstić information content (AvgIpc) is 1.56. The third kappa shape index (κ3) is 3.34. The fraction of sp³-hybridized carbons (Fsp3) is 1.00. The molecular weight excluding hydrogens is 165 g/mol. The molecule has 0 saturated heterocycles. The van der Waals surface area contributed by atoms with E-state index in [0.717, 1.165) is 0 Å². The van der Waals surface area contributed by atoms with Crippen molar-refractivity contribution in [1.29, 1.82) is 0 Å². The van der Waals surface area contributed by atoms with E-state index in [-0.39, 0.29) is 5.92 Å². The SMILES string of the molecule is CC(C)C[C@@](C)([NH3+])P(=O)([O-])[O-]. The Balaban J connectivity index is 4.35. The average molecular weight is 180 g/mol. The van der Waals surface area contributed by atoms with Gasteiger partial charge in [-0.2, -0.15) is 0 Å². The van der Waals surface area contributed by atoms with Gasteiger partial charge in [-0.25, -0.2) is 0 Å².